The van der Waals surface area contributed by atoms with Crippen LogP contribution >= 0.6 is 11.3 Å². The maximum absolute atomic E-state index is 12.4. The molecule has 0 fully saturated rings. The number of carbonyl (C=O) groups is 2. The predicted octanol–water partition coefficient (Wildman–Crippen LogP) is 2.61. The summed E-state index contributed by atoms with van der Waals surface area (Å²) in [6.07, 6.45) is 2.40. The van der Waals surface area contributed by atoms with E-state index >= 15 is 0 Å². The highest BCUT2D eigenvalue weighted by molar-refractivity contribution is 7.15. The molecule has 4 rings (SSSR count). The summed E-state index contributed by atoms with van der Waals surface area (Å²) in [5.41, 5.74) is 14.5. The van der Waals surface area contributed by atoms with Gasteiger partial charge in [0.15, 0.2) is 6.61 Å². The normalized spacial score (nSPS) is 14.8. The minimum atomic E-state index is -0.600. The second-order valence-electron chi connectivity index (χ2n) is 7.46. The van der Waals surface area contributed by atoms with Gasteiger partial charge in [0.25, 0.3) is 5.91 Å². The molecule has 1 aliphatic carbocycles. The fourth-order valence-electron chi connectivity index (χ4n) is 3.55. The quantitative estimate of drug-likeness (QED) is 0.530. The second-order valence-corrected chi connectivity index (χ2v) is 8.54. The smallest absolute Gasteiger partial charge is 0.262 e. The summed E-state index contributed by atoms with van der Waals surface area (Å²) in [7, 11) is 0. The Morgan fingerprint density at radius 2 is 2.03 bits per heavy atom. The average molecular weight is 448 g/mol. The van der Waals surface area contributed by atoms with E-state index in [4.69, 9.17) is 26.5 Å². The lowest BCUT2D eigenvalue weighted by atomic mass is 9.98. The molecule has 1 heterocycles. The molecular weight excluding hydrogens is 426 g/mol. The van der Waals surface area contributed by atoms with Crippen LogP contribution in [0.1, 0.15) is 32.9 Å². The molecule has 1 atom stereocenters. The number of thiazole rings is 1. The van der Waals surface area contributed by atoms with Gasteiger partial charge in [-0.1, -0.05) is 6.07 Å². The molecule has 0 spiro atoms. The summed E-state index contributed by atoms with van der Waals surface area (Å²) in [4.78, 5) is 30.3. The van der Waals surface area contributed by atoms with Crippen molar-refractivity contribution >= 4 is 28.8 Å². The zero-order chi connectivity index (χ0) is 22.7. The minimum absolute atomic E-state index is 0.101. The molecule has 1 aromatic heterocycles. The summed E-state index contributed by atoms with van der Waals surface area (Å²) in [6.45, 7) is -0.273. The number of fused-ring (bicyclic) bond motifs is 1. The lowest BCUT2D eigenvalue weighted by Gasteiger charge is -2.15. The summed E-state index contributed by atoms with van der Waals surface area (Å²) >= 11 is 1.47. The van der Waals surface area contributed by atoms with Crippen molar-refractivity contribution in [3.05, 3.63) is 64.2 Å². The first-order chi connectivity index (χ1) is 15.4. The predicted molar refractivity (Wildman–Crippen MR) is 121 cm³/mol. The molecule has 32 heavy (non-hydrogen) atoms. The van der Waals surface area contributed by atoms with Crippen LogP contribution in [0.2, 0.25) is 0 Å². The Morgan fingerprint density at radius 1 is 1.25 bits per heavy atom. The third-order valence-corrected chi connectivity index (χ3v) is 6.28. The van der Waals surface area contributed by atoms with Crippen molar-refractivity contribution in [3.63, 3.8) is 0 Å². The summed E-state index contributed by atoms with van der Waals surface area (Å²) in [5.74, 6) is -0.626. The van der Waals surface area contributed by atoms with E-state index in [0.29, 0.717) is 27.6 Å². The fraction of sp³-hybridized carbons (Fsp3) is 0.217. The van der Waals surface area contributed by atoms with Crippen molar-refractivity contribution in [2.75, 3.05) is 11.9 Å². The number of nitrogens with two attached hydrogens (primary N) is 2. The van der Waals surface area contributed by atoms with Crippen LogP contribution in [0, 0.1) is 11.3 Å². The van der Waals surface area contributed by atoms with E-state index in [9.17, 15) is 9.59 Å². The zero-order valence-electron chi connectivity index (χ0n) is 17.1. The summed E-state index contributed by atoms with van der Waals surface area (Å²) in [6, 6.07) is 13.6. The Hall–Kier alpha value is -3.74. The van der Waals surface area contributed by atoms with Gasteiger partial charge < -0.3 is 21.5 Å². The molecule has 162 valence electrons. The number of anilines is 1. The van der Waals surface area contributed by atoms with E-state index in [-0.39, 0.29) is 24.1 Å². The number of nitrogens with zero attached hydrogens (tertiary/aromatic N) is 2. The van der Waals surface area contributed by atoms with Crippen LogP contribution in [-0.4, -0.2) is 29.4 Å². The van der Waals surface area contributed by atoms with Crippen LogP contribution in [0.5, 0.6) is 5.75 Å². The van der Waals surface area contributed by atoms with Crippen LogP contribution in [0.4, 0.5) is 5.69 Å². The van der Waals surface area contributed by atoms with Crippen molar-refractivity contribution < 1.29 is 14.3 Å². The molecular formula is C23H21N5O3S. The third-order valence-electron chi connectivity index (χ3n) is 5.14. The number of hydrogen-bond acceptors (Lipinski definition) is 7. The van der Waals surface area contributed by atoms with Gasteiger partial charge >= 0.3 is 0 Å². The van der Waals surface area contributed by atoms with Crippen molar-refractivity contribution in [1.29, 1.82) is 5.26 Å². The largest absolute Gasteiger partial charge is 0.483 e. The Balaban J connectivity index is 1.56. The molecule has 9 heteroatoms. The molecule has 3 aromatic rings. The van der Waals surface area contributed by atoms with Crippen LogP contribution in [0.15, 0.2) is 42.5 Å². The Morgan fingerprint density at radius 3 is 2.75 bits per heavy atom. The van der Waals surface area contributed by atoms with Gasteiger partial charge in [0.1, 0.15) is 10.8 Å². The number of aryl methyl sites for hydroxylation is 1. The number of aromatic nitrogens is 1. The number of nitriles is 1. The molecule has 0 radical (unpaired) electrons. The van der Waals surface area contributed by atoms with E-state index < -0.39 is 5.91 Å². The van der Waals surface area contributed by atoms with Crippen LogP contribution in [0.25, 0.3) is 10.6 Å². The number of hydrogen-bond donors (Lipinski definition) is 3. The molecule has 8 nitrogen and oxygen atoms in total. The Kier molecular flexibility index (Phi) is 6.16. The highest BCUT2D eigenvalue weighted by Crippen LogP contribution is 2.39. The molecule has 0 saturated carbocycles. The monoisotopic (exact) mass is 447 g/mol. The van der Waals surface area contributed by atoms with E-state index in [2.05, 4.69) is 5.32 Å². The van der Waals surface area contributed by atoms with Gasteiger partial charge in [-0.25, -0.2) is 4.98 Å². The SMILES string of the molecule is N#Cc1ccc(NC(=O)COc2cccc(C(N)=O)c2-c2nc3c(s2)C[C@@H](N)CC3)cc1. The van der Waals surface area contributed by atoms with Crippen LogP contribution < -0.4 is 21.5 Å². The topological polar surface area (TPSA) is 144 Å². The van der Waals surface area contributed by atoms with Crippen molar-refractivity contribution in [2.24, 2.45) is 11.5 Å². The Bertz CT molecular complexity index is 1210. The lowest BCUT2D eigenvalue weighted by Crippen LogP contribution is -2.26. The van der Waals surface area contributed by atoms with Gasteiger partial charge in [0.05, 0.1) is 28.5 Å². The molecule has 0 saturated heterocycles. The first-order valence-corrected chi connectivity index (χ1v) is 10.9. The number of nitrogens with one attached hydrogen (secondary N) is 1. The van der Waals surface area contributed by atoms with Crippen molar-refractivity contribution in [2.45, 2.75) is 25.3 Å². The van der Waals surface area contributed by atoms with Gasteiger partial charge in [-0.2, -0.15) is 5.26 Å². The Labute approximate surface area is 188 Å². The number of ether oxygens (including phenoxy) is 1. The first-order valence-electron chi connectivity index (χ1n) is 10.0. The second kappa shape index (κ2) is 9.18. The number of rotatable bonds is 6. The molecule has 0 unspecified atom stereocenters. The molecule has 2 amide bonds. The average Bonchev–Trinajstić information content (AvgIpc) is 3.20. The third kappa shape index (κ3) is 4.61. The molecule has 5 N–H and O–H groups in total. The summed E-state index contributed by atoms with van der Waals surface area (Å²) < 4.78 is 5.78. The van der Waals surface area contributed by atoms with Gasteiger partial charge in [-0.3, -0.25) is 9.59 Å². The lowest BCUT2D eigenvalue weighted by molar-refractivity contribution is -0.118. The number of benzene rings is 2. The van der Waals surface area contributed by atoms with E-state index in [0.717, 1.165) is 29.8 Å². The van der Waals surface area contributed by atoms with Crippen molar-refractivity contribution in [3.8, 4) is 22.4 Å². The molecule has 0 bridgehead atoms. The van der Waals surface area contributed by atoms with E-state index in [1.54, 1.807) is 42.5 Å². The standard InChI is InChI=1S/C23H21N5O3S/c24-11-13-4-7-15(8-5-13)27-20(29)12-31-18-3-1-2-16(22(26)30)21(18)23-28-17-9-6-14(25)10-19(17)32-23/h1-5,7-8,14H,6,9-10,12,25H2,(H2,26,30)(H,27,29)/t14-/m0/s1. The summed E-state index contributed by atoms with van der Waals surface area (Å²) in [5, 5.41) is 12.2. The fourth-order valence-corrected chi connectivity index (χ4v) is 4.82. The maximum atomic E-state index is 12.4. The number of amides is 2. The van der Waals surface area contributed by atoms with E-state index in [1.165, 1.54) is 11.3 Å². The van der Waals surface area contributed by atoms with Crippen molar-refractivity contribution in [1.82, 2.24) is 4.98 Å². The molecule has 0 aliphatic heterocycles. The highest BCUT2D eigenvalue weighted by atomic mass is 32.1. The molecule has 2 aromatic carbocycles. The van der Waals surface area contributed by atoms with Crippen LogP contribution in [0.3, 0.4) is 0 Å². The maximum Gasteiger partial charge on any atom is 0.262 e. The van der Waals surface area contributed by atoms with Gasteiger partial charge in [-0.15, -0.1) is 11.3 Å². The molecule has 1 aliphatic rings. The minimum Gasteiger partial charge on any atom is -0.483 e. The van der Waals surface area contributed by atoms with Crippen LogP contribution in [-0.2, 0) is 17.6 Å². The van der Waals surface area contributed by atoms with E-state index in [1.807, 2.05) is 6.07 Å². The van der Waals surface area contributed by atoms with Gasteiger partial charge in [0, 0.05) is 16.6 Å². The number of carbonyl (C=O) groups excluding carboxylic acids is 2. The van der Waals surface area contributed by atoms with Gasteiger partial charge in [0.2, 0.25) is 5.91 Å². The van der Waals surface area contributed by atoms with Gasteiger partial charge in [-0.05, 0) is 55.7 Å². The zero-order valence-corrected chi connectivity index (χ0v) is 17.9. The highest BCUT2D eigenvalue weighted by Gasteiger charge is 2.25. The first kappa shape index (κ1) is 21.5. The number of primary amides is 1.